The van der Waals surface area contributed by atoms with Gasteiger partial charge in [-0.25, -0.2) is 14.8 Å². The van der Waals surface area contributed by atoms with Crippen LogP contribution in [0.15, 0.2) is 12.4 Å². The number of aliphatic hydroxyl groups is 1. The lowest BCUT2D eigenvalue weighted by molar-refractivity contribution is -0.0627. The fourth-order valence-electron chi connectivity index (χ4n) is 3.87. The Morgan fingerprint density at radius 1 is 1.24 bits per heavy atom. The molecule has 2 aliphatic rings. The second kappa shape index (κ2) is 6.12. The zero-order valence-corrected chi connectivity index (χ0v) is 15.7. The summed E-state index contributed by atoms with van der Waals surface area (Å²) in [5.74, 6) is 0.613. The summed E-state index contributed by atoms with van der Waals surface area (Å²) in [5, 5.41) is 11.2. The summed E-state index contributed by atoms with van der Waals surface area (Å²) >= 11 is 0. The Morgan fingerprint density at radius 3 is 2.20 bits per heavy atom. The van der Waals surface area contributed by atoms with Gasteiger partial charge in [-0.15, -0.1) is 0 Å². The van der Waals surface area contributed by atoms with E-state index in [2.05, 4.69) is 9.97 Å². The molecule has 138 valence electrons. The molecule has 2 aliphatic heterocycles. The molecule has 1 amide bonds. The molecule has 1 aromatic heterocycles. The number of hydrogen-bond donors (Lipinski definition) is 1. The van der Waals surface area contributed by atoms with E-state index in [0.717, 1.165) is 18.4 Å². The van der Waals surface area contributed by atoms with Gasteiger partial charge in [0, 0.05) is 57.0 Å². The van der Waals surface area contributed by atoms with Crippen LogP contribution >= 0.6 is 0 Å². The first-order valence-electron chi connectivity index (χ1n) is 8.83. The van der Waals surface area contributed by atoms with Crippen molar-refractivity contribution in [3.05, 3.63) is 18.0 Å². The van der Waals surface area contributed by atoms with Gasteiger partial charge >= 0.3 is 6.09 Å². The van der Waals surface area contributed by atoms with Gasteiger partial charge in [-0.3, -0.25) is 0 Å². The van der Waals surface area contributed by atoms with Crippen LogP contribution in [0.2, 0.25) is 0 Å². The summed E-state index contributed by atoms with van der Waals surface area (Å²) in [6.45, 7) is 5.62. The third kappa shape index (κ3) is 3.56. The normalized spacial score (nSPS) is 28.8. The summed E-state index contributed by atoms with van der Waals surface area (Å²) in [5.41, 5.74) is -0.784. The Bertz CT molecular complexity index is 625. The number of carbonyl (C=O) groups is 1. The third-order valence-corrected chi connectivity index (χ3v) is 4.95. The lowest BCUT2D eigenvalue weighted by atomic mass is 9.82. The molecule has 0 radical (unpaired) electrons. The highest BCUT2D eigenvalue weighted by molar-refractivity contribution is 5.69. The molecule has 2 fully saturated rings. The van der Waals surface area contributed by atoms with E-state index in [0.29, 0.717) is 18.8 Å². The number of fused-ring (bicyclic) bond motifs is 2. The molecule has 2 saturated heterocycles. The van der Waals surface area contributed by atoms with Gasteiger partial charge in [0.2, 0.25) is 5.95 Å². The van der Waals surface area contributed by atoms with Crippen molar-refractivity contribution in [3.8, 4) is 0 Å². The molecule has 3 rings (SSSR count). The van der Waals surface area contributed by atoms with E-state index in [-0.39, 0.29) is 18.2 Å². The van der Waals surface area contributed by atoms with Crippen LogP contribution in [-0.2, 0) is 10.3 Å². The van der Waals surface area contributed by atoms with Crippen LogP contribution in [-0.4, -0.2) is 57.8 Å². The number of hydrogen-bond acceptors (Lipinski definition) is 6. The summed E-state index contributed by atoms with van der Waals surface area (Å²) in [4.78, 5) is 24.8. The maximum Gasteiger partial charge on any atom is 0.410 e. The second-order valence-electron chi connectivity index (χ2n) is 8.38. The lowest BCUT2D eigenvalue weighted by Crippen LogP contribution is -2.53. The van der Waals surface area contributed by atoms with Crippen molar-refractivity contribution in [2.45, 2.75) is 69.7 Å². The van der Waals surface area contributed by atoms with E-state index in [1.807, 2.05) is 44.7 Å². The standard InChI is InChI=1S/C18H28N4O3/c1-17(2,3)25-16(23)22-13-6-7-14(22)9-18(24,8-13)12-10-19-15(20-11-12)21(4)5/h10-11,13-14,24H,6-9H2,1-5H3. The highest BCUT2D eigenvalue weighted by Gasteiger charge is 2.51. The molecule has 0 aromatic carbocycles. The maximum atomic E-state index is 12.5. The fourth-order valence-corrected chi connectivity index (χ4v) is 3.87. The van der Waals surface area contributed by atoms with Crippen LogP contribution in [0.5, 0.6) is 0 Å². The van der Waals surface area contributed by atoms with Crippen LogP contribution in [0.25, 0.3) is 0 Å². The predicted octanol–water partition coefficient (Wildman–Crippen LogP) is 2.29. The quantitative estimate of drug-likeness (QED) is 0.883. The van der Waals surface area contributed by atoms with Crippen molar-refractivity contribution in [2.24, 2.45) is 0 Å². The van der Waals surface area contributed by atoms with Crippen molar-refractivity contribution >= 4 is 12.0 Å². The smallest absolute Gasteiger partial charge is 0.410 e. The summed E-state index contributed by atoms with van der Waals surface area (Å²) < 4.78 is 5.55. The molecular formula is C18H28N4O3. The van der Waals surface area contributed by atoms with Crippen LogP contribution < -0.4 is 4.90 Å². The number of anilines is 1. The fraction of sp³-hybridized carbons (Fsp3) is 0.722. The average molecular weight is 348 g/mol. The van der Waals surface area contributed by atoms with E-state index in [9.17, 15) is 9.90 Å². The molecule has 7 heteroatoms. The Morgan fingerprint density at radius 2 is 1.76 bits per heavy atom. The highest BCUT2D eigenvalue weighted by Crippen LogP contribution is 2.46. The number of piperidine rings is 1. The van der Waals surface area contributed by atoms with Crippen molar-refractivity contribution in [3.63, 3.8) is 0 Å². The molecule has 2 atom stereocenters. The molecule has 2 bridgehead atoms. The number of nitrogens with zero attached hydrogens (tertiary/aromatic N) is 4. The van der Waals surface area contributed by atoms with Crippen LogP contribution in [0.4, 0.5) is 10.7 Å². The molecule has 7 nitrogen and oxygen atoms in total. The van der Waals surface area contributed by atoms with E-state index in [4.69, 9.17) is 4.74 Å². The Kier molecular flexibility index (Phi) is 4.39. The van der Waals surface area contributed by atoms with Gasteiger partial charge in [0.05, 0.1) is 5.60 Å². The Balaban J connectivity index is 1.77. The number of carbonyl (C=O) groups excluding carboxylic acids is 1. The Hall–Kier alpha value is -1.89. The molecule has 0 spiro atoms. The molecule has 1 aromatic rings. The first kappa shape index (κ1) is 17.9. The molecule has 1 N–H and O–H groups in total. The summed E-state index contributed by atoms with van der Waals surface area (Å²) in [6.07, 6.45) is 5.89. The van der Waals surface area contributed by atoms with Crippen molar-refractivity contribution in [2.75, 3.05) is 19.0 Å². The van der Waals surface area contributed by atoms with Gasteiger partial charge in [0.25, 0.3) is 0 Å². The number of aromatic nitrogens is 2. The molecular weight excluding hydrogens is 320 g/mol. The van der Waals surface area contributed by atoms with Gasteiger partial charge in [-0.1, -0.05) is 0 Å². The zero-order valence-electron chi connectivity index (χ0n) is 15.7. The molecule has 2 unspecified atom stereocenters. The van der Waals surface area contributed by atoms with Crippen LogP contribution in [0, 0.1) is 0 Å². The third-order valence-electron chi connectivity index (χ3n) is 4.95. The minimum atomic E-state index is -0.991. The van der Waals surface area contributed by atoms with Crippen molar-refractivity contribution < 1.29 is 14.6 Å². The largest absolute Gasteiger partial charge is 0.444 e. The predicted molar refractivity (Wildman–Crippen MR) is 94.4 cm³/mol. The monoisotopic (exact) mass is 348 g/mol. The number of rotatable bonds is 2. The first-order chi connectivity index (χ1) is 11.6. The summed E-state index contributed by atoms with van der Waals surface area (Å²) in [7, 11) is 3.76. The first-order valence-corrected chi connectivity index (χ1v) is 8.83. The SMILES string of the molecule is CN(C)c1ncc(C2(O)CC3CCC(C2)N3C(=O)OC(C)(C)C)cn1. The topological polar surface area (TPSA) is 78.8 Å². The highest BCUT2D eigenvalue weighted by atomic mass is 16.6. The molecule has 3 heterocycles. The van der Waals surface area contributed by atoms with Gasteiger partial charge in [-0.2, -0.15) is 0 Å². The molecule has 0 aliphatic carbocycles. The van der Waals surface area contributed by atoms with E-state index < -0.39 is 11.2 Å². The van der Waals surface area contributed by atoms with E-state index in [1.165, 1.54) is 0 Å². The molecule has 25 heavy (non-hydrogen) atoms. The maximum absolute atomic E-state index is 12.5. The number of ether oxygens (including phenoxy) is 1. The molecule has 0 saturated carbocycles. The Labute approximate surface area is 149 Å². The van der Waals surface area contributed by atoms with Crippen molar-refractivity contribution in [1.29, 1.82) is 0 Å². The van der Waals surface area contributed by atoms with Gasteiger partial charge in [0.15, 0.2) is 0 Å². The van der Waals surface area contributed by atoms with Gasteiger partial charge in [0.1, 0.15) is 5.60 Å². The lowest BCUT2D eigenvalue weighted by Gasteiger charge is -2.43. The number of amides is 1. The van der Waals surface area contributed by atoms with Crippen LogP contribution in [0.1, 0.15) is 52.0 Å². The van der Waals surface area contributed by atoms with Gasteiger partial charge in [-0.05, 0) is 33.6 Å². The minimum absolute atomic E-state index is 0.00729. The second-order valence-corrected chi connectivity index (χ2v) is 8.38. The summed E-state index contributed by atoms with van der Waals surface area (Å²) in [6, 6.07) is -0.0146. The van der Waals surface area contributed by atoms with E-state index >= 15 is 0 Å². The zero-order chi connectivity index (χ0) is 18.4. The van der Waals surface area contributed by atoms with Crippen LogP contribution in [0.3, 0.4) is 0 Å². The van der Waals surface area contributed by atoms with Crippen molar-refractivity contribution in [1.82, 2.24) is 14.9 Å². The van der Waals surface area contributed by atoms with E-state index in [1.54, 1.807) is 12.4 Å². The minimum Gasteiger partial charge on any atom is -0.444 e. The average Bonchev–Trinajstić information content (AvgIpc) is 2.78. The van der Waals surface area contributed by atoms with Gasteiger partial charge < -0.3 is 19.6 Å².